The minimum atomic E-state index is -0.699. The van der Waals surface area contributed by atoms with Gasteiger partial charge in [-0.1, -0.05) is 22.0 Å². The fourth-order valence-corrected chi connectivity index (χ4v) is 3.25. The summed E-state index contributed by atoms with van der Waals surface area (Å²) >= 11 is 3.39. The molecule has 1 aromatic rings. The zero-order chi connectivity index (χ0) is 14.0. The molecule has 1 atom stereocenters. The van der Waals surface area contributed by atoms with Crippen LogP contribution in [0.15, 0.2) is 22.7 Å². The summed E-state index contributed by atoms with van der Waals surface area (Å²) < 4.78 is 13.8. The molecule has 1 aliphatic rings. The molecule has 3 nitrogen and oxygen atoms in total. The third kappa shape index (κ3) is 3.34. The highest BCUT2D eigenvalue weighted by atomic mass is 79.9. The first kappa shape index (κ1) is 14.5. The van der Waals surface area contributed by atoms with Crippen LogP contribution in [-0.4, -0.2) is 29.1 Å². The Hall–Kier alpha value is -0.940. The number of rotatable bonds is 3. The van der Waals surface area contributed by atoms with Crippen molar-refractivity contribution in [3.05, 3.63) is 34.1 Å². The van der Waals surface area contributed by atoms with Gasteiger partial charge in [0.2, 0.25) is 0 Å². The number of piperidine rings is 1. The van der Waals surface area contributed by atoms with Gasteiger partial charge in [-0.2, -0.15) is 0 Å². The molecule has 5 heteroatoms. The van der Waals surface area contributed by atoms with Gasteiger partial charge < -0.3 is 5.11 Å². The van der Waals surface area contributed by atoms with Gasteiger partial charge in [-0.05, 0) is 50.6 Å². The van der Waals surface area contributed by atoms with Crippen molar-refractivity contribution in [2.24, 2.45) is 5.92 Å². The van der Waals surface area contributed by atoms with Gasteiger partial charge in [-0.3, -0.25) is 9.69 Å². The molecule has 1 saturated heterocycles. The smallest absolute Gasteiger partial charge is 0.306 e. The van der Waals surface area contributed by atoms with Crippen LogP contribution in [0.1, 0.15) is 31.4 Å². The Balaban J connectivity index is 2.05. The minimum absolute atomic E-state index is 0.157. The number of carboxylic acids is 1. The molecule has 1 heterocycles. The first-order valence-electron chi connectivity index (χ1n) is 6.41. The maximum atomic E-state index is 13.1. The normalized spacial score (nSPS) is 19.3. The molecule has 0 aliphatic carbocycles. The second-order valence-corrected chi connectivity index (χ2v) is 5.84. The van der Waals surface area contributed by atoms with E-state index in [0.29, 0.717) is 12.8 Å². The van der Waals surface area contributed by atoms with Crippen LogP contribution in [0.5, 0.6) is 0 Å². The van der Waals surface area contributed by atoms with E-state index in [1.54, 1.807) is 6.07 Å². The largest absolute Gasteiger partial charge is 0.481 e. The Kier molecular flexibility index (Phi) is 4.58. The molecular weight excluding hydrogens is 313 g/mol. The van der Waals surface area contributed by atoms with Crippen molar-refractivity contribution in [3.8, 4) is 0 Å². The van der Waals surface area contributed by atoms with Crippen LogP contribution in [0.3, 0.4) is 0 Å². The number of carbonyl (C=O) groups is 1. The molecule has 0 aromatic heterocycles. The van der Waals surface area contributed by atoms with Crippen molar-refractivity contribution in [3.63, 3.8) is 0 Å². The molecule has 1 fully saturated rings. The Morgan fingerprint density at radius 3 is 2.63 bits per heavy atom. The second kappa shape index (κ2) is 6.01. The number of benzene rings is 1. The molecule has 2 rings (SSSR count). The van der Waals surface area contributed by atoms with Crippen LogP contribution in [0, 0.1) is 11.7 Å². The van der Waals surface area contributed by atoms with Gasteiger partial charge >= 0.3 is 5.97 Å². The summed E-state index contributed by atoms with van der Waals surface area (Å²) in [4.78, 5) is 13.2. The van der Waals surface area contributed by atoms with Crippen LogP contribution in [0.25, 0.3) is 0 Å². The molecule has 104 valence electrons. The highest BCUT2D eigenvalue weighted by molar-refractivity contribution is 9.10. The van der Waals surface area contributed by atoms with Crippen molar-refractivity contribution in [2.45, 2.75) is 25.8 Å². The predicted octanol–water partition coefficient (Wildman–Crippen LogP) is 3.45. The van der Waals surface area contributed by atoms with Crippen molar-refractivity contribution in [1.82, 2.24) is 4.90 Å². The van der Waals surface area contributed by atoms with E-state index in [4.69, 9.17) is 5.11 Å². The van der Waals surface area contributed by atoms with E-state index in [-0.39, 0.29) is 17.8 Å². The summed E-state index contributed by atoms with van der Waals surface area (Å²) in [5.41, 5.74) is 1.04. The fraction of sp³-hybridized carbons (Fsp3) is 0.500. The van der Waals surface area contributed by atoms with Crippen LogP contribution in [0.2, 0.25) is 0 Å². The highest BCUT2D eigenvalue weighted by Gasteiger charge is 2.27. The average Bonchev–Trinajstić information content (AvgIpc) is 2.38. The van der Waals surface area contributed by atoms with Crippen LogP contribution >= 0.6 is 15.9 Å². The number of hydrogen-bond donors (Lipinski definition) is 1. The zero-order valence-electron chi connectivity index (χ0n) is 10.8. The highest BCUT2D eigenvalue weighted by Crippen LogP contribution is 2.31. The summed E-state index contributed by atoms with van der Waals surface area (Å²) in [5.74, 6) is -1.18. The van der Waals surface area contributed by atoms with Crippen LogP contribution < -0.4 is 0 Å². The minimum Gasteiger partial charge on any atom is -0.481 e. The number of aliphatic carboxylic acids is 1. The van der Waals surface area contributed by atoms with Crippen LogP contribution in [0.4, 0.5) is 4.39 Å². The zero-order valence-corrected chi connectivity index (χ0v) is 12.4. The standard InChI is InChI=1S/C14H17BrFNO2/c1-9(12-3-2-11(16)8-13(12)15)17-6-4-10(5-7-17)14(18)19/h2-3,8-10H,4-7H2,1H3,(H,18,19). The summed E-state index contributed by atoms with van der Waals surface area (Å²) in [6.07, 6.45) is 1.36. The molecule has 1 aromatic carbocycles. The number of hydrogen-bond acceptors (Lipinski definition) is 2. The second-order valence-electron chi connectivity index (χ2n) is 4.99. The average molecular weight is 330 g/mol. The van der Waals surface area contributed by atoms with Gasteiger partial charge in [0.05, 0.1) is 5.92 Å². The Labute approximate surface area is 120 Å². The lowest BCUT2D eigenvalue weighted by molar-refractivity contribution is -0.143. The summed E-state index contributed by atoms with van der Waals surface area (Å²) in [5, 5.41) is 8.99. The monoisotopic (exact) mass is 329 g/mol. The molecule has 0 saturated carbocycles. The maximum Gasteiger partial charge on any atom is 0.306 e. The van der Waals surface area contributed by atoms with Gasteiger partial charge in [0.25, 0.3) is 0 Å². The molecule has 19 heavy (non-hydrogen) atoms. The maximum absolute atomic E-state index is 13.1. The van der Waals surface area contributed by atoms with Crippen LogP contribution in [-0.2, 0) is 4.79 Å². The molecule has 1 N–H and O–H groups in total. The Bertz CT molecular complexity index is 473. The van der Waals surface area contributed by atoms with Crippen molar-refractivity contribution in [2.75, 3.05) is 13.1 Å². The lowest BCUT2D eigenvalue weighted by Crippen LogP contribution is -2.37. The number of likely N-dealkylation sites (tertiary alicyclic amines) is 1. The van der Waals surface area contributed by atoms with Gasteiger partial charge in [-0.25, -0.2) is 4.39 Å². The third-order valence-electron chi connectivity index (χ3n) is 3.84. The SMILES string of the molecule is CC(c1ccc(F)cc1Br)N1CCC(C(=O)O)CC1. The van der Waals surface area contributed by atoms with E-state index in [1.807, 2.05) is 0 Å². The van der Waals surface area contributed by atoms with Gasteiger partial charge in [0, 0.05) is 10.5 Å². The summed E-state index contributed by atoms with van der Waals surface area (Å²) in [6, 6.07) is 4.87. The van der Waals surface area contributed by atoms with E-state index in [0.717, 1.165) is 23.1 Å². The molecule has 0 bridgehead atoms. The number of halogens is 2. The van der Waals surface area contributed by atoms with Gasteiger partial charge in [0.1, 0.15) is 5.82 Å². The molecule has 0 spiro atoms. The van der Waals surface area contributed by atoms with E-state index < -0.39 is 5.97 Å². The Morgan fingerprint density at radius 1 is 1.47 bits per heavy atom. The first-order chi connectivity index (χ1) is 8.99. The molecule has 0 amide bonds. The lowest BCUT2D eigenvalue weighted by atomic mass is 9.95. The topological polar surface area (TPSA) is 40.5 Å². The predicted molar refractivity (Wildman–Crippen MR) is 74.4 cm³/mol. The number of nitrogens with zero attached hydrogens (tertiary/aromatic N) is 1. The summed E-state index contributed by atoms with van der Waals surface area (Å²) in [6.45, 7) is 3.60. The van der Waals surface area contributed by atoms with E-state index in [9.17, 15) is 9.18 Å². The van der Waals surface area contributed by atoms with E-state index >= 15 is 0 Å². The Morgan fingerprint density at radius 2 is 2.11 bits per heavy atom. The molecule has 0 radical (unpaired) electrons. The first-order valence-corrected chi connectivity index (χ1v) is 7.20. The third-order valence-corrected chi connectivity index (χ3v) is 4.53. The quantitative estimate of drug-likeness (QED) is 0.923. The molecule has 1 unspecified atom stereocenters. The van der Waals surface area contributed by atoms with E-state index in [2.05, 4.69) is 27.8 Å². The van der Waals surface area contributed by atoms with E-state index in [1.165, 1.54) is 12.1 Å². The fourth-order valence-electron chi connectivity index (χ4n) is 2.57. The van der Waals surface area contributed by atoms with Crippen molar-refractivity contribution >= 4 is 21.9 Å². The number of carboxylic acid groups (broad SMARTS) is 1. The van der Waals surface area contributed by atoms with Gasteiger partial charge in [-0.15, -0.1) is 0 Å². The van der Waals surface area contributed by atoms with Crippen molar-refractivity contribution < 1.29 is 14.3 Å². The summed E-state index contributed by atoms with van der Waals surface area (Å²) in [7, 11) is 0. The molecular formula is C14H17BrFNO2. The lowest BCUT2D eigenvalue weighted by Gasteiger charge is -2.35. The molecule has 1 aliphatic heterocycles. The van der Waals surface area contributed by atoms with Gasteiger partial charge in [0.15, 0.2) is 0 Å². The van der Waals surface area contributed by atoms with Crippen molar-refractivity contribution in [1.29, 1.82) is 0 Å².